The summed E-state index contributed by atoms with van der Waals surface area (Å²) >= 11 is 0. The van der Waals surface area contributed by atoms with Crippen molar-refractivity contribution in [3.05, 3.63) is 47.9 Å². The van der Waals surface area contributed by atoms with Gasteiger partial charge in [-0.2, -0.15) is 0 Å². The number of allylic oxidation sites excluding steroid dienone is 4. The molecule has 0 amide bonds. The molecule has 0 unspecified atom stereocenters. The molecule has 0 radical (unpaired) electrons. The molecule has 2 heterocycles. The number of nitrogens with one attached hydrogen (secondary N) is 2. The summed E-state index contributed by atoms with van der Waals surface area (Å²) in [6, 6.07) is 0. The molecule has 0 spiro atoms. The normalized spacial score (nSPS) is 20.7. The van der Waals surface area contributed by atoms with Crippen LogP contribution in [0.4, 0.5) is 0 Å². The fourth-order valence-electron chi connectivity index (χ4n) is 1.34. The van der Waals surface area contributed by atoms with Crippen LogP contribution in [0.15, 0.2) is 47.9 Å². The van der Waals surface area contributed by atoms with E-state index in [9.17, 15) is 0 Å². The van der Waals surface area contributed by atoms with Crippen LogP contribution < -0.4 is 10.6 Å². The first-order valence-electron chi connectivity index (χ1n) is 4.17. The quantitative estimate of drug-likeness (QED) is 0.599. The third-order valence-electron chi connectivity index (χ3n) is 1.97. The Hall–Kier alpha value is -1.44. The predicted octanol–water partition coefficient (Wildman–Crippen LogP) is 1.07. The number of hydrogen-bond donors (Lipinski definition) is 2. The molecule has 2 N–H and O–H groups in total. The Morgan fingerprint density at radius 1 is 0.833 bits per heavy atom. The van der Waals surface area contributed by atoms with Crippen LogP contribution in [0.2, 0.25) is 0 Å². The number of dihydropyridines is 2. The van der Waals surface area contributed by atoms with Crippen LogP contribution in [-0.4, -0.2) is 13.1 Å². The first kappa shape index (κ1) is 7.22. The van der Waals surface area contributed by atoms with Gasteiger partial charge in [0.1, 0.15) is 0 Å². The van der Waals surface area contributed by atoms with Gasteiger partial charge in [-0.3, -0.25) is 0 Å². The monoisotopic (exact) mass is 160 g/mol. The van der Waals surface area contributed by atoms with Crippen molar-refractivity contribution in [2.24, 2.45) is 0 Å². The molecule has 2 rings (SSSR count). The van der Waals surface area contributed by atoms with E-state index in [-0.39, 0.29) is 0 Å². The summed E-state index contributed by atoms with van der Waals surface area (Å²) in [5, 5.41) is 6.26. The summed E-state index contributed by atoms with van der Waals surface area (Å²) in [5.41, 5.74) is 2.62. The van der Waals surface area contributed by atoms with E-state index in [0.717, 1.165) is 13.1 Å². The fraction of sp³-hybridized carbons (Fsp3) is 0.200. The molecule has 2 aliphatic rings. The Kier molecular flexibility index (Phi) is 1.99. The molecule has 0 aromatic rings. The van der Waals surface area contributed by atoms with Gasteiger partial charge in [0.05, 0.1) is 0 Å². The van der Waals surface area contributed by atoms with Crippen molar-refractivity contribution in [1.82, 2.24) is 10.6 Å². The summed E-state index contributed by atoms with van der Waals surface area (Å²) in [7, 11) is 0. The third-order valence-corrected chi connectivity index (χ3v) is 1.97. The van der Waals surface area contributed by atoms with Gasteiger partial charge in [-0.05, 0) is 35.7 Å². The standard InChI is InChI=1S/C10H12N2/c1-5-11-6-2-9(1)10-3-7-12-8-4-10/h1-5,7,11-12H,6,8H2. The molecule has 12 heavy (non-hydrogen) atoms. The van der Waals surface area contributed by atoms with Gasteiger partial charge in [-0.1, -0.05) is 12.2 Å². The SMILES string of the molecule is C1=CC(C2=CCNC=C2)=CCN1. The maximum atomic E-state index is 3.13. The molecule has 0 saturated heterocycles. The second kappa shape index (κ2) is 3.30. The van der Waals surface area contributed by atoms with Crippen LogP contribution >= 0.6 is 0 Å². The van der Waals surface area contributed by atoms with Crippen molar-refractivity contribution in [1.29, 1.82) is 0 Å². The van der Waals surface area contributed by atoms with Gasteiger partial charge in [-0.25, -0.2) is 0 Å². The van der Waals surface area contributed by atoms with E-state index < -0.39 is 0 Å². The topological polar surface area (TPSA) is 24.1 Å². The van der Waals surface area contributed by atoms with Gasteiger partial charge in [0, 0.05) is 13.1 Å². The minimum Gasteiger partial charge on any atom is -0.387 e. The van der Waals surface area contributed by atoms with Crippen LogP contribution in [0.3, 0.4) is 0 Å². The van der Waals surface area contributed by atoms with Gasteiger partial charge in [0.25, 0.3) is 0 Å². The van der Waals surface area contributed by atoms with E-state index in [1.54, 1.807) is 0 Å². The maximum absolute atomic E-state index is 3.13. The summed E-state index contributed by atoms with van der Waals surface area (Å²) < 4.78 is 0. The largest absolute Gasteiger partial charge is 0.387 e. The van der Waals surface area contributed by atoms with Crippen molar-refractivity contribution in [3.63, 3.8) is 0 Å². The zero-order chi connectivity index (χ0) is 8.23. The highest BCUT2D eigenvalue weighted by Gasteiger charge is 2.02. The highest BCUT2D eigenvalue weighted by molar-refractivity contribution is 5.48. The zero-order valence-electron chi connectivity index (χ0n) is 6.88. The third kappa shape index (κ3) is 1.42. The van der Waals surface area contributed by atoms with Crippen molar-refractivity contribution in [3.8, 4) is 0 Å². The minimum atomic E-state index is 0.935. The lowest BCUT2D eigenvalue weighted by Crippen LogP contribution is -2.12. The summed E-state index contributed by atoms with van der Waals surface area (Å²) in [4.78, 5) is 0. The summed E-state index contributed by atoms with van der Waals surface area (Å²) in [6.45, 7) is 1.87. The van der Waals surface area contributed by atoms with E-state index in [0.29, 0.717) is 0 Å². The Morgan fingerprint density at radius 3 is 1.67 bits per heavy atom. The average molecular weight is 160 g/mol. The molecule has 0 saturated carbocycles. The number of hydrogen-bond acceptors (Lipinski definition) is 2. The van der Waals surface area contributed by atoms with Crippen molar-refractivity contribution in [2.45, 2.75) is 0 Å². The first-order valence-corrected chi connectivity index (χ1v) is 4.17. The van der Waals surface area contributed by atoms with Gasteiger partial charge in [-0.15, -0.1) is 0 Å². The fourth-order valence-corrected chi connectivity index (χ4v) is 1.34. The second-order valence-electron chi connectivity index (χ2n) is 2.80. The van der Waals surface area contributed by atoms with Crippen LogP contribution in [0.1, 0.15) is 0 Å². The average Bonchev–Trinajstić information content (AvgIpc) is 2.21. The smallest absolute Gasteiger partial charge is 0.0334 e. The van der Waals surface area contributed by atoms with Gasteiger partial charge >= 0.3 is 0 Å². The highest BCUT2D eigenvalue weighted by Crippen LogP contribution is 2.15. The molecule has 2 heteroatoms. The van der Waals surface area contributed by atoms with Gasteiger partial charge < -0.3 is 10.6 Å². The van der Waals surface area contributed by atoms with Crippen LogP contribution in [0, 0.1) is 0 Å². The molecule has 2 aliphatic heterocycles. The molecule has 0 aromatic heterocycles. The minimum absolute atomic E-state index is 0.935. The predicted molar refractivity (Wildman–Crippen MR) is 50.5 cm³/mol. The zero-order valence-corrected chi connectivity index (χ0v) is 6.88. The van der Waals surface area contributed by atoms with Gasteiger partial charge in [0.2, 0.25) is 0 Å². The van der Waals surface area contributed by atoms with E-state index in [2.05, 4.69) is 34.9 Å². The highest BCUT2D eigenvalue weighted by atomic mass is 14.8. The molecule has 0 fully saturated rings. The molecule has 0 bridgehead atoms. The second-order valence-corrected chi connectivity index (χ2v) is 2.80. The van der Waals surface area contributed by atoms with Crippen molar-refractivity contribution >= 4 is 0 Å². The van der Waals surface area contributed by atoms with E-state index in [4.69, 9.17) is 0 Å². The van der Waals surface area contributed by atoms with Crippen molar-refractivity contribution < 1.29 is 0 Å². The molecular formula is C10H12N2. The Labute approximate surface area is 72.4 Å². The van der Waals surface area contributed by atoms with Gasteiger partial charge in [0.15, 0.2) is 0 Å². The molecule has 2 nitrogen and oxygen atoms in total. The lowest BCUT2D eigenvalue weighted by molar-refractivity contribution is 0.943. The van der Waals surface area contributed by atoms with E-state index in [1.165, 1.54) is 11.1 Å². The maximum Gasteiger partial charge on any atom is 0.0334 e. The lowest BCUT2D eigenvalue weighted by Gasteiger charge is -2.12. The Morgan fingerprint density at radius 2 is 1.33 bits per heavy atom. The van der Waals surface area contributed by atoms with Crippen molar-refractivity contribution in [2.75, 3.05) is 13.1 Å². The molecule has 0 aliphatic carbocycles. The van der Waals surface area contributed by atoms with Crippen LogP contribution in [0.25, 0.3) is 0 Å². The van der Waals surface area contributed by atoms with Crippen LogP contribution in [-0.2, 0) is 0 Å². The Bertz CT molecular complexity index is 252. The molecular weight excluding hydrogens is 148 g/mol. The number of rotatable bonds is 1. The molecule has 0 aromatic carbocycles. The summed E-state index contributed by atoms with van der Waals surface area (Å²) in [6.07, 6.45) is 12.6. The summed E-state index contributed by atoms with van der Waals surface area (Å²) in [5.74, 6) is 0. The molecule has 62 valence electrons. The molecule has 0 atom stereocenters. The Balaban J connectivity index is 2.18. The van der Waals surface area contributed by atoms with E-state index >= 15 is 0 Å². The van der Waals surface area contributed by atoms with Crippen LogP contribution in [0.5, 0.6) is 0 Å². The first-order chi connectivity index (χ1) is 5.97. The lowest BCUT2D eigenvalue weighted by atomic mass is 10.0. The van der Waals surface area contributed by atoms with E-state index in [1.807, 2.05) is 12.4 Å².